The standard InChI is InChI=1S/C17H22N2O/c1-13(15-7-5-4-6-8-15)11-17(20)18-12-16-10-9-14(2)19(16)3/h4-10,13H,11-12H2,1-3H3,(H,18,20). The number of benzene rings is 1. The average Bonchev–Trinajstić information content (AvgIpc) is 2.77. The normalized spacial score (nSPS) is 12.2. The summed E-state index contributed by atoms with van der Waals surface area (Å²) in [4.78, 5) is 12.0. The second kappa shape index (κ2) is 6.42. The maximum Gasteiger partial charge on any atom is 0.220 e. The van der Waals surface area contributed by atoms with Crippen LogP contribution in [0.3, 0.4) is 0 Å². The SMILES string of the molecule is Cc1ccc(CNC(=O)CC(C)c2ccccc2)n1C. The summed E-state index contributed by atoms with van der Waals surface area (Å²) in [6.07, 6.45) is 0.521. The second-order valence-electron chi connectivity index (χ2n) is 5.32. The Hall–Kier alpha value is -2.03. The molecule has 0 aliphatic rings. The summed E-state index contributed by atoms with van der Waals surface area (Å²) >= 11 is 0. The Morgan fingerprint density at radius 3 is 2.50 bits per heavy atom. The lowest BCUT2D eigenvalue weighted by Gasteiger charge is -2.12. The van der Waals surface area contributed by atoms with Crippen LogP contribution >= 0.6 is 0 Å². The molecule has 1 aromatic carbocycles. The lowest BCUT2D eigenvalue weighted by Crippen LogP contribution is -2.25. The molecule has 1 N–H and O–H groups in total. The Bertz CT molecular complexity index is 572. The topological polar surface area (TPSA) is 34.0 Å². The van der Waals surface area contributed by atoms with E-state index in [0.29, 0.717) is 13.0 Å². The highest BCUT2D eigenvalue weighted by Crippen LogP contribution is 2.18. The first-order valence-corrected chi connectivity index (χ1v) is 7.00. The molecule has 1 unspecified atom stereocenters. The Balaban J connectivity index is 1.85. The van der Waals surface area contributed by atoms with Crippen LogP contribution in [0.4, 0.5) is 0 Å². The fourth-order valence-electron chi connectivity index (χ4n) is 2.28. The monoisotopic (exact) mass is 270 g/mol. The van der Waals surface area contributed by atoms with Crippen molar-refractivity contribution in [1.29, 1.82) is 0 Å². The van der Waals surface area contributed by atoms with Crippen molar-refractivity contribution in [3.63, 3.8) is 0 Å². The Morgan fingerprint density at radius 2 is 1.90 bits per heavy atom. The van der Waals surface area contributed by atoms with Gasteiger partial charge in [0.05, 0.1) is 6.54 Å². The summed E-state index contributed by atoms with van der Waals surface area (Å²) in [5, 5.41) is 2.99. The van der Waals surface area contributed by atoms with Crippen molar-refractivity contribution in [2.45, 2.75) is 32.7 Å². The number of aryl methyl sites for hydroxylation is 1. The molecule has 20 heavy (non-hydrogen) atoms. The molecule has 0 fully saturated rings. The zero-order chi connectivity index (χ0) is 14.5. The summed E-state index contributed by atoms with van der Waals surface area (Å²) in [5.41, 5.74) is 3.53. The minimum Gasteiger partial charge on any atom is -0.351 e. The van der Waals surface area contributed by atoms with Gasteiger partial charge in [0.25, 0.3) is 0 Å². The molecular weight excluding hydrogens is 248 g/mol. The largest absolute Gasteiger partial charge is 0.351 e. The van der Waals surface area contributed by atoms with Crippen LogP contribution in [0.15, 0.2) is 42.5 Å². The van der Waals surface area contributed by atoms with Gasteiger partial charge in [-0.15, -0.1) is 0 Å². The van der Waals surface area contributed by atoms with E-state index in [1.54, 1.807) is 0 Å². The van der Waals surface area contributed by atoms with E-state index in [1.807, 2.05) is 25.2 Å². The maximum absolute atomic E-state index is 12.0. The van der Waals surface area contributed by atoms with Crippen LogP contribution in [0.5, 0.6) is 0 Å². The molecule has 1 atom stereocenters. The van der Waals surface area contributed by atoms with Gasteiger partial charge < -0.3 is 9.88 Å². The highest BCUT2D eigenvalue weighted by atomic mass is 16.1. The van der Waals surface area contributed by atoms with Crippen LogP contribution in [0.2, 0.25) is 0 Å². The average molecular weight is 270 g/mol. The molecule has 106 valence electrons. The zero-order valence-corrected chi connectivity index (χ0v) is 12.4. The van der Waals surface area contributed by atoms with Crippen LogP contribution < -0.4 is 5.32 Å². The predicted octanol–water partition coefficient (Wildman–Crippen LogP) is 3.14. The number of hydrogen-bond acceptors (Lipinski definition) is 1. The van der Waals surface area contributed by atoms with Crippen molar-refractivity contribution >= 4 is 5.91 Å². The van der Waals surface area contributed by atoms with E-state index in [4.69, 9.17) is 0 Å². The van der Waals surface area contributed by atoms with Crippen LogP contribution in [0, 0.1) is 6.92 Å². The molecule has 0 spiro atoms. The molecule has 0 bridgehead atoms. The first kappa shape index (κ1) is 14.4. The predicted molar refractivity (Wildman–Crippen MR) is 81.5 cm³/mol. The van der Waals surface area contributed by atoms with Gasteiger partial charge in [0.15, 0.2) is 0 Å². The third kappa shape index (κ3) is 3.50. The highest BCUT2D eigenvalue weighted by Gasteiger charge is 2.11. The molecule has 3 nitrogen and oxygen atoms in total. The van der Waals surface area contributed by atoms with Crippen molar-refractivity contribution in [2.24, 2.45) is 7.05 Å². The van der Waals surface area contributed by atoms with Crippen molar-refractivity contribution in [3.05, 3.63) is 59.4 Å². The summed E-state index contributed by atoms with van der Waals surface area (Å²) in [5.74, 6) is 0.339. The molecule has 2 aromatic rings. The van der Waals surface area contributed by atoms with E-state index in [0.717, 1.165) is 5.69 Å². The molecule has 0 saturated carbocycles. The molecule has 1 aromatic heterocycles. The minimum atomic E-state index is 0.0974. The van der Waals surface area contributed by atoms with E-state index in [9.17, 15) is 4.79 Å². The second-order valence-corrected chi connectivity index (χ2v) is 5.32. The quantitative estimate of drug-likeness (QED) is 0.889. The lowest BCUT2D eigenvalue weighted by atomic mass is 9.98. The molecule has 0 aliphatic carbocycles. The van der Waals surface area contributed by atoms with E-state index in [2.05, 4.69) is 48.0 Å². The Kier molecular flexibility index (Phi) is 4.61. The minimum absolute atomic E-state index is 0.0974. The van der Waals surface area contributed by atoms with E-state index < -0.39 is 0 Å². The van der Waals surface area contributed by atoms with Crippen LogP contribution in [0.1, 0.15) is 36.2 Å². The first-order valence-electron chi connectivity index (χ1n) is 7.00. The molecule has 0 aliphatic heterocycles. The molecule has 0 radical (unpaired) electrons. The van der Waals surface area contributed by atoms with Gasteiger partial charge >= 0.3 is 0 Å². The Morgan fingerprint density at radius 1 is 1.20 bits per heavy atom. The molecule has 1 amide bonds. The van der Waals surface area contributed by atoms with Gasteiger partial charge in [-0.3, -0.25) is 4.79 Å². The molecule has 0 saturated heterocycles. The van der Waals surface area contributed by atoms with Crippen LogP contribution in [-0.4, -0.2) is 10.5 Å². The fourth-order valence-corrected chi connectivity index (χ4v) is 2.28. The fraction of sp³-hybridized carbons (Fsp3) is 0.353. The number of nitrogens with one attached hydrogen (secondary N) is 1. The third-order valence-electron chi connectivity index (χ3n) is 3.80. The summed E-state index contributed by atoms with van der Waals surface area (Å²) in [6.45, 7) is 4.73. The lowest BCUT2D eigenvalue weighted by molar-refractivity contribution is -0.121. The first-order chi connectivity index (χ1) is 9.58. The number of carbonyl (C=O) groups is 1. The van der Waals surface area contributed by atoms with E-state index in [1.165, 1.54) is 11.3 Å². The van der Waals surface area contributed by atoms with Gasteiger partial charge in [-0.1, -0.05) is 37.3 Å². The number of amides is 1. The number of carbonyl (C=O) groups excluding carboxylic acids is 1. The summed E-state index contributed by atoms with van der Waals surface area (Å²) in [7, 11) is 2.02. The van der Waals surface area contributed by atoms with Crippen molar-refractivity contribution in [2.75, 3.05) is 0 Å². The van der Waals surface area contributed by atoms with Gasteiger partial charge in [-0.2, -0.15) is 0 Å². The van der Waals surface area contributed by atoms with Crippen LogP contribution in [-0.2, 0) is 18.4 Å². The zero-order valence-electron chi connectivity index (χ0n) is 12.4. The van der Waals surface area contributed by atoms with Crippen molar-refractivity contribution in [1.82, 2.24) is 9.88 Å². The van der Waals surface area contributed by atoms with Gasteiger partial charge in [0.2, 0.25) is 5.91 Å². The molecule has 3 heteroatoms. The smallest absolute Gasteiger partial charge is 0.220 e. The summed E-state index contributed by atoms with van der Waals surface area (Å²) in [6, 6.07) is 14.3. The third-order valence-corrected chi connectivity index (χ3v) is 3.80. The van der Waals surface area contributed by atoms with Crippen LogP contribution in [0.25, 0.3) is 0 Å². The number of nitrogens with zero attached hydrogens (tertiary/aromatic N) is 1. The molecule has 2 rings (SSSR count). The van der Waals surface area contributed by atoms with Gasteiger partial charge in [-0.25, -0.2) is 0 Å². The molecular formula is C17H22N2O. The van der Waals surface area contributed by atoms with Gasteiger partial charge in [0, 0.05) is 24.9 Å². The van der Waals surface area contributed by atoms with E-state index in [-0.39, 0.29) is 11.8 Å². The highest BCUT2D eigenvalue weighted by molar-refractivity contribution is 5.76. The Labute approximate surface area is 120 Å². The van der Waals surface area contributed by atoms with Crippen molar-refractivity contribution in [3.8, 4) is 0 Å². The van der Waals surface area contributed by atoms with Gasteiger partial charge in [0.1, 0.15) is 0 Å². The number of hydrogen-bond donors (Lipinski definition) is 1. The maximum atomic E-state index is 12.0. The summed E-state index contributed by atoms with van der Waals surface area (Å²) < 4.78 is 2.10. The number of rotatable bonds is 5. The van der Waals surface area contributed by atoms with Gasteiger partial charge in [-0.05, 0) is 30.5 Å². The molecule has 1 heterocycles. The number of aromatic nitrogens is 1. The van der Waals surface area contributed by atoms with E-state index >= 15 is 0 Å². The van der Waals surface area contributed by atoms with Crippen molar-refractivity contribution < 1.29 is 4.79 Å².